The van der Waals surface area contributed by atoms with Crippen LogP contribution in [0.1, 0.15) is 55.1 Å². The summed E-state index contributed by atoms with van der Waals surface area (Å²) in [7, 11) is 1.65. The lowest BCUT2D eigenvalue weighted by Crippen LogP contribution is -2.53. The molecule has 2 fully saturated rings. The smallest absolute Gasteiger partial charge is 0.223 e. The first-order chi connectivity index (χ1) is 18.8. The zero-order valence-corrected chi connectivity index (χ0v) is 24.5. The highest BCUT2D eigenvalue weighted by Crippen LogP contribution is 2.57. The molecule has 2 aromatic rings. The van der Waals surface area contributed by atoms with E-state index in [-0.39, 0.29) is 35.0 Å². The molecular formula is C30H43N3O5S. The van der Waals surface area contributed by atoms with Crippen molar-refractivity contribution in [1.29, 1.82) is 0 Å². The zero-order chi connectivity index (χ0) is 27.6. The number of carbonyl (C=O) groups excluding carboxylic acids is 1. The second-order valence-corrected chi connectivity index (χ2v) is 12.9. The van der Waals surface area contributed by atoms with Gasteiger partial charge in [-0.2, -0.15) is 0 Å². The number of hydrogen-bond donors (Lipinski definition) is 2. The lowest BCUT2D eigenvalue weighted by molar-refractivity contribution is -0.134. The van der Waals surface area contributed by atoms with Crippen molar-refractivity contribution >= 4 is 17.2 Å². The topological polar surface area (TPSA) is 93.2 Å². The first kappa shape index (κ1) is 28.3. The molecule has 8 nitrogen and oxygen atoms in total. The molecule has 0 bridgehead atoms. The molecular weight excluding hydrogens is 514 g/mol. The van der Waals surface area contributed by atoms with E-state index in [0.717, 1.165) is 74.3 Å². The van der Waals surface area contributed by atoms with Gasteiger partial charge in [-0.1, -0.05) is 20.8 Å². The number of carbonyl (C=O) groups is 1. The van der Waals surface area contributed by atoms with Gasteiger partial charge in [0.15, 0.2) is 0 Å². The number of aliphatic hydroxyl groups excluding tert-OH is 1. The number of aromatic nitrogens is 1. The third-order valence-corrected chi connectivity index (χ3v) is 10.3. The molecule has 0 unspecified atom stereocenters. The van der Waals surface area contributed by atoms with E-state index in [1.807, 2.05) is 31.2 Å². The second-order valence-electron chi connectivity index (χ2n) is 11.8. The van der Waals surface area contributed by atoms with E-state index in [2.05, 4.69) is 24.1 Å². The van der Waals surface area contributed by atoms with Crippen LogP contribution >= 0.6 is 11.3 Å². The predicted molar refractivity (Wildman–Crippen MR) is 151 cm³/mol. The molecule has 0 radical (unpaired) electrons. The monoisotopic (exact) mass is 557 g/mol. The molecule has 1 saturated carbocycles. The maximum Gasteiger partial charge on any atom is 0.223 e. The van der Waals surface area contributed by atoms with Crippen LogP contribution in [0, 0.1) is 23.2 Å². The van der Waals surface area contributed by atoms with Gasteiger partial charge in [0, 0.05) is 42.9 Å². The van der Waals surface area contributed by atoms with Crippen LogP contribution in [0.5, 0.6) is 11.5 Å². The van der Waals surface area contributed by atoms with Crippen molar-refractivity contribution in [2.75, 3.05) is 46.5 Å². The summed E-state index contributed by atoms with van der Waals surface area (Å²) in [4.78, 5) is 21.7. The molecule has 1 aliphatic heterocycles. The SMILES string of the molecule is COc1ccc(OCc2nc3c(s2)C[C@]2(C)CC[C@H]([C@H](C)C(=O)NCCN4CCOCC4)[C@H](O)[C@H]2[C@@H]3C)cc1. The van der Waals surface area contributed by atoms with Crippen LogP contribution < -0.4 is 14.8 Å². The molecule has 1 saturated heterocycles. The Kier molecular flexibility index (Phi) is 8.81. The fourth-order valence-corrected chi connectivity index (χ4v) is 8.28. The minimum Gasteiger partial charge on any atom is -0.497 e. The number of aliphatic hydroxyl groups is 1. The summed E-state index contributed by atoms with van der Waals surface area (Å²) in [6.45, 7) is 11.7. The van der Waals surface area contributed by atoms with Crippen molar-refractivity contribution in [2.45, 2.75) is 58.7 Å². The van der Waals surface area contributed by atoms with Gasteiger partial charge in [0.05, 0.1) is 32.1 Å². The van der Waals surface area contributed by atoms with Gasteiger partial charge in [0.2, 0.25) is 5.91 Å². The van der Waals surface area contributed by atoms with Crippen LogP contribution in [0.4, 0.5) is 0 Å². The summed E-state index contributed by atoms with van der Waals surface area (Å²) >= 11 is 1.74. The summed E-state index contributed by atoms with van der Waals surface area (Å²) in [5, 5.41) is 15.8. The first-order valence-corrected chi connectivity index (χ1v) is 15.1. The Balaban J connectivity index is 1.21. The van der Waals surface area contributed by atoms with Gasteiger partial charge in [-0.25, -0.2) is 4.98 Å². The number of thiazole rings is 1. The molecule has 5 rings (SSSR count). The average molecular weight is 558 g/mol. The van der Waals surface area contributed by atoms with E-state index in [0.29, 0.717) is 13.2 Å². The predicted octanol–water partition coefficient (Wildman–Crippen LogP) is 3.87. The molecule has 2 heterocycles. The molecule has 0 spiro atoms. The number of nitrogens with one attached hydrogen (secondary N) is 1. The van der Waals surface area contributed by atoms with Gasteiger partial charge in [0.25, 0.3) is 0 Å². The van der Waals surface area contributed by atoms with Gasteiger partial charge in [-0.05, 0) is 60.8 Å². The standard InChI is InChI=1S/C30H43N3O5S/c1-19(29(35)31-11-12-33-13-15-37-16-14-33)23-9-10-30(3)17-24-27(20(2)26(30)28(23)34)32-25(39-24)18-38-22-7-5-21(36-4)6-8-22/h5-8,19-20,23,26,28,34H,9-18H2,1-4H3,(H,31,35)/t19-,20-,23+,26+,28-,30-/m0/s1. The Labute approximate surface area is 236 Å². The number of methoxy groups -OCH3 is 1. The number of fused-ring (bicyclic) bond motifs is 2. The highest BCUT2D eigenvalue weighted by atomic mass is 32.1. The van der Waals surface area contributed by atoms with Crippen molar-refractivity contribution in [1.82, 2.24) is 15.2 Å². The molecule has 2 N–H and O–H groups in total. The number of ether oxygens (including phenoxy) is 3. The third kappa shape index (κ3) is 6.11. The van der Waals surface area contributed by atoms with Crippen LogP contribution in [-0.4, -0.2) is 73.5 Å². The number of hydrogen-bond acceptors (Lipinski definition) is 8. The van der Waals surface area contributed by atoms with E-state index >= 15 is 0 Å². The lowest BCUT2D eigenvalue weighted by Gasteiger charge is -2.53. The second kappa shape index (κ2) is 12.1. The van der Waals surface area contributed by atoms with Crippen LogP contribution in [0.3, 0.4) is 0 Å². The quantitative estimate of drug-likeness (QED) is 0.484. The van der Waals surface area contributed by atoms with E-state index in [1.165, 1.54) is 4.88 Å². The van der Waals surface area contributed by atoms with Crippen molar-refractivity contribution in [3.8, 4) is 11.5 Å². The van der Waals surface area contributed by atoms with Gasteiger partial charge in [0.1, 0.15) is 23.1 Å². The molecule has 9 heteroatoms. The summed E-state index contributed by atoms with van der Waals surface area (Å²) < 4.78 is 16.6. The highest BCUT2D eigenvalue weighted by molar-refractivity contribution is 7.11. The molecule has 214 valence electrons. The number of amides is 1. The first-order valence-electron chi connectivity index (χ1n) is 14.3. The van der Waals surface area contributed by atoms with Gasteiger partial charge in [-0.3, -0.25) is 9.69 Å². The molecule has 1 amide bonds. The summed E-state index contributed by atoms with van der Waals surface area (Å²) in [5.74, 6) is 1.55. The fourth-order valence-electron chi connectivity index (χ4n) is 6.99. The van der Waals surface area contributed by atoms with Crippen molar-refractivity contribution in [2.24, 2.45) is 23.2 Å². The number of benzene rings is 1. The maximum absolute atomic E-state index is 13.1. The van der Waals surface area contributed by atoms with Gasteiger partial charge < -0.3 is 24.6 Å². The maximum atomic E-state index is 13.1. The Hall–Kier alpha value is -2.20. The number of rotatable bonds is 9. The third-order valence-electron chi connectivity index (χ3n) is 9.27. The summed E-state index contributed by atoms with van der Waals surface area (Å²) in [6, 6.07) is 7.58. The average Bonchev–Trinajstić information content (AvgIpc) is 3.35. The Morgan fingerprint density at radius 3 is 2.72 bits per heavy atom. The minimum absolute atomic E-state index is 0.00446. The van der Waals surface area contributed by atoms with Crippen LogP contribution in [0.2, 0.25) is 0 Å². The fraction of sp³-hybridized carbons (Fsp3) is 0.667. The molecule has 3 aliphatic rings. The number of morpholine rings is 1. The molecule has 1 aromatic carbocycles. The van der Waals surface area contributed by atoms with Gasteiger partial charge in [-0.15, -0.1) is 11.3 Å². The molecule has 1 aromatic heterocycles. The van der Waals surface area contributed by atoms with E-state index < -0.39 is 6.10 Å². The Morgan fingerprint density at radius 1 is 1.28 bits per heavy atom. The van der Waals surface area contributed by atoms with Gasteiger partial charge >= 0.3 is 0 Å². The number of nitrogens with zero attached hydrogens (tertiary/aromatic N) is 2. The molecule has 2 aliphatic carbocycles. The highest BCUT2D eigenvalue weighted by Gasteiger charge is 2.53. The van der Waals surface area contributed by atoms with Crippen molar-refractivity contribution in [3.63, 3.8) is 0 Å². The van der Waals surface area contributed by atoms with E-state index in [4.69, 9.17) is 19.2 Å². The molecule has 39 heavy (non-hydrogen) atoms. The normalized spacial score (nSPS) is 29.7. The zero-order valence-electron chi connectivity index (χ0n) is 23.7. The Bertz CT molecular complexity index is 1120. The molecule has 6 atom stereocenters. The largest absolute Gasteiger partial charge is 0.497 e. The van der Waals surface area contributed by atoms with Crippen LogP contribution in [0.25, 0.3) is 0 Å². The van der Waals surface area contributed by atoms with Crippen LogP contribution in [0.15, 0.2) is 24.3 Å². The summed E-state index contributed by atoms with van der Waals surface area (Å²) in [6.07, 6.45) is 2.25. The summed E-state index contributed by atoms with van der Waals surface area (Å²) in [5.41, 5.74) is 1.09. The van der Waals surface area contributed by atoms with Crippen LogP contribution in [-0.2, 0) is 22.6 Å². The van der Waals surface area contributed by atoms with Crippen molar-refractivity contribution in [3.05, 3.63) is 39.8 Å². The van der Waals surface area contributed by atoms with E-state index in [1.54, 1.807) is 18.4 Å². The Morgan fingerprint density at radius 2 is 2.00 bits per heavy atom. The van der Waals surface area contributed by atoms with E-state index in [9.17, 15) is 9.90 Å². The minimum atomic E-state index is -0.535. The van der Waals surface area contributed by atoms with Crippen molar-refractivity contribution < 1.29 is 24.1 Å². The lowest BCUT2D eigenvalue weighted by atomic mass is 9.53.